The van der Waals surface area contributed by atoms with Gasteiger partial charge in [-0.3, -0.25) is 4.90 Å². The van der Waals surface area contributed by atoms with Gasteiger partial charge in [-0.15, -0.1) is 0 Å². The zero-order valence-corrected chi connectivity index (χ0v) is 21.1. The van der Waals surface area contributed by atoms with Gasteiger partial charge in [0.2, 0.25) is 5.88 Å². The molecule has 2 aromatic heterocycles. The first-order chi connectivity index (χ1) is 18.0. The van der Waals surface area contributed by atoms with Gasteiger partial charge in [-0.1, -0.05) is 24.3 Å². The first-order valence-electron chi connectivity index (χ1n) is 12.8. The van der Waals surface area contributed by atoms with Gasteiger partial charge in [0.25, 0.3) is 0 Å². The summed E-state index contributed by atoms with van der Waals surface area (Å²) in [6, 6.07) is 11.1. The second-order valence-corrected chi connectivity index (χ2v) is 10.1. The van der Waals surface area contributed by atoms with Crippen molar-refractivity contribution in [2.24, 2.45) is 5.92 Å². The fourth-order valence-electron chi connectivity index (χ4n) is 5.30. The number of aromatic nitrogens is 1. The van der Waals surface area contributed by atoms with Crippen LogP contribution in [0.15, 0.2) is 53.3 Å². The molecular weight excluding hydrogens is 470 g/mol. The third-order valence-corrected chi connectivity index (χ3v) is 7.56. The summed E-state index contributed by atoms with van der Waals surface area (Å²) in [5.41, 5.74) is 2.43. The molecule has 3 heterocycles. The Hall–Kier alpha value is -3.62. The Bertz CT molecular complexity index is 1450. The fraction of sp³-hybridized carbons (Fsp3) is 0.379. The average Bonchev–Trinajstić information content (AvgIpc) is 3.66. The van der Waals surface area contributed by atoms with E-state index in [1.807, 2.05) is 36.4 Å². The summed E-state index contributed by atoms with van der Waals surface area (Å²) in [5.74, 6) is 0.808. The molecule has 4 aromatic rings. The highest BCUT2D eigenvalue weighted by Gasteiger charge is 2.34. The first-order valence-corrected chi connectivity index (χ1v) is 12.8. The number of hydrogen-bond donors (Lipinski definition) is 1. The van der Waals surface area contributed by atoms with Crippen LogP contribution in [0.25, 0.3) is 21.7 Å². The monoisotopic (exact) mass is 501 g/mol. The van der Waals surface area contributed by atoms with Gasteiger partial charge in [0.05, 0.1) is 19.8 Å². The molecule has 0 bridgehead atoms. The Morgan fingerprint density at radius 3 is 2.65 bits per heavy atom. The molecule has 1 unspecified atom stereocenters. The quantitative estimate of drug-likeness (QED) is 0.368. The minimum atomic E-state index is -0.505. The van der Waals surface area contributed by atoms with Crippen LogP contribution in [0.1, 0.15) is 40.4 Å². The number of likely N-dealkylation sites (N-methyl/N-ethyl adjacent to an activating group) is 1. The maximum Gasteiger partial charge on any atom is 0.341 e. The minimum Gasteiger partial charge on any atom is -0.507 e. The highest BCUT2D eigenvalue weighted by atomic mass is 16.5. The van der Waals surface area contributed by atoms with E-state index in [9.17, 15) is 9.90 Å². The van der Waals surface area contributed by atoms with E-state index in [1.54, 1.807) is 6.20 Å². The van der Waals surface area contributed by atoms with E-state index in [1.165, 1.54) is 26.2 Å². The van der Waals surface area contributed by atoms with E-state index >= 15 is 0 Å². The number of fused-ring (bicyclic) bond motifs is 3. The number of rotatable bonds is 7. The van der Waals surface area contributed by atoms with Crippen LogP contribution in [0.4, 0.5) is 0 Å². The van der Waals surface area contributed by atoms with Gasteiger partial charge in [0.1, 0.15) is 23.2 Å². The van der Waals surface area contributed by atoms with Gasteiger partial charge in [-0.05, 0) is 37.4 Å². The summed E-state index contributed by atoms with van der Waals surface area (Å²) in [5, 5.41) is 13.8. The normalized spacial score (nSPS) is 17.8. The number of nitrogens with zero attached hydrogens (tertiary/aromatic N) is 3. The van der Waals surface area contributed by atoms with Gasteiger partial charge < -0.3 is 23.9 Å². The van der Waals surface area contributed by atoms with Crippen LogP contribution < -0.4 is 4.74 Å². The first kappa shape index (κ1) is 23.8. The molecule has 1 aliphatic carbocycles. The molecule has 1 aliphatic heterocycles. The molecule has 192 valence electrons. The van der Waals surface area contributed by atoms with Gasteiger partial charge in [-0.2, -0.15) is 0 Å². The summed E-state index contributed by atoms with van der Waals surface area (Å²) in [6.07, 6.45) is 5.59. The molecule has 0 amide bonds. The second kappa shape index (κ2) is 9.68. The summed E-state index contributed by atoms with van der Waals surface area (Å²) in [4.78, 5) is 21.9. The number of furan rings is 1. The van der Waals surface area contributed by atoms with Crippen LogP contribution >= 0.6 is 0 Å². The van der Waals surface area contributed by atoms with Gasteiger partial charge in [0, 0.05) is 60.2 Å². The fourth-order valence-corrected chi connectivity index (χ4v) is 5.30. The second-order valence-electron chi connectivity index (χ2n) is 10.1. The maximum atomic E-state index is 12.9. The van der Waals surface area contributed by atoms with E-state index in [4.69, 9.17) is 13.9 Å². The van der Waals surface area contributed by atoms with Crippen molar-refractivity contribution in [2.75, 3.05) is 46.9 Å². The van der Waals surface area contributed by atoms with Gasteiger partial charge >= 0.3 is 5.97 Å². The van der Waals surface area contributed by atoms with Crippen molar-refractivity contribution < 1.29 is 23.8 Å². The van der Waals surface area contributed by atoms with Crippen molar-refractivity contribution in [2.45, 2.75) is 18.9 Å². The molecule has 2 aliphatic rings. The smallest absolute Gasteiger partial charge is 0.341 e. The van der Waals surface area contributed by atoms with Gasteiger partial charge in [-0.25, -0.2) is 9.78 Å². The van der Waals surface area contributed by atoms with Gasteiger partial charge in [0.15, 0.2) is 0 Å². The van der Waals surface area contributed by atoms with Crippen molar-refractivity contribution in [3.8, 4) is 11.6 Å². The molecule has 8 nitrogen and oxygen atoms in total. The number of phenols is 1. The van der Waals surface area contributed by atoms with E-state index in [0.29, 0.717) is 45.9 Å². The molecule has 6 rings (SSSR count). The molecule has 1 N–H and O–H groups in total. The Morgan fingerprint density at radius 2 is 1.92 bits per heavy atom. The lowest BCUT2D eigenvalue weighted by Crippen LogP contribution is -2.46. The number of methoxy groups -OCH3 is 1. The van der Waals surface area contributed by atoms with E-state index in [0.717, 1.165) is 37.1 Å². The topological polar surface area (TPSA) is 88.3 Å². The highest BCUT2D eigenvalue weighted by Crippen LogP contribution is 2.47. The number of pyridine rings is 1. The van der Waals surface area contributed by atoms with Crippen molar-refractivity contribution in [3.05, 3.63) is 65.5 Å². The lowest BCUT2D eigenvalue weighted by molar-refractivity contribution is 0.0601. The molecule has 1 saturated heterocycles. The van der Waals surface area contributed by atoms with Crippen molar-refractivity contribution in [1.82, 2.24) is 14.8 Å². The summed E-state index contributed by atoms with van der Waals surface area (Å²) in [7, 11) is 3.46. The van der Waals surface area contributed by atoms with Crippen LogP contribution in [-0.2, 0) is 4.74 Å². The number of carbonyl (C=O) groups is 1. The largest absolute Gasteiger partial charge is 0.507 e. The Balaban J connectivity index is 1.58. The predicted octanol–water partition coefficient (Wildman–Crippen LogP) is 4.60. The average molecular weight is 502 g/mol. The molecule has 37 heavy (non-hydrogen) atoms. The molecule has 8 heteroatoms. The molecule has 2 fully saturated rings. The Kier molecular flexibility index (Phi) is 6.22. The van der Waals surface area contributed by atoms with E-state index in [2.05, 4.69) is 21.8 Å². The van der Waals surface area contributed by atoms with Crippen molar-refractivity contribution in [3.63, 3.8) is 0 Å². The minimum absolute atomic E-state index is 0.135. The van der Waals surface area contributed by atoms with Crippen molar-refractivity contribution >= 4 is 27.7 Å². The number of ether oxygens (including phenoxy) is 2. The highest BCUT2D eigenvalue weighted by molar-refractivity contribution is 6.16. The van der Waals surface area contributed by atoms with Crippen LogP contribution in [0, 0.1) is 5.92 Å². The number of benzene rings is 2. The summed E-state index contributed by atoms with van der Waals surface area (Å²) in [6.45, 7) is 4.02. The predicted molar refractivity (Wildman–Crippen MR) is 140 cm³/mol. The number of piperazine rings is 1. The zero-order chi connectivity index (χ0) is 25.5. The maximum absolute atomic E-state index is 12.9. The van der Waals surface area contributed by atoms with E-state index < -0.39 is 5.97 Å². The lowest BCUT2D eigenvalue weighted by Gasteiger charge is -2.39. The molecule has 0 spiro atoms. The molecule has 2 aromatic carbocycles. The SMILES string of the molecule is COC(=O)c1coc2c1c(C(c1ccnc(OCC3CC3)c1)N1CCN(C)CC1)c(O)c1ccccc12. The number of carbonyl (C=O) groups excluding carboxylic acids is 1. The van der Waals surface area contributed by atoms with Crippen LogP contribution in [0.3, 0.4) is 0 Å². The zero-order valence-electron chi connectivity index (χ0n) is 21.1. The molecule has 1 saturated carbocycles. The summed E-state index contributed by atoms with van der Waals surface area (Å²) >= 11 is 0. The van der Waals surface area contributed by atoms with Crippen LogP contribution in [-0.4, -0.2) is 72.8 Å². The third kappa shape index (κ3) is 4.40. The molecule has 1 atom stereocenters. The lowest BCUT2D eigenvalue weighted by atomic mass is 9.89. The number of esters is 1. The van der Waals surface area contributed by atoms with Crippen LogP contribution in [0.2, 0.25) is 0 Å². The summed E-state index contributed by atoms with van der Waals surface area (Å²) < 4.78 is 17.1. The number of aromatic hydroxyl groups is 1. The number of phenolic OH excluding ortho intramolecular Hbond substituents is 1. The van der Waals surface area contributed by atoms with E-state index in [-0.39, 0.29) is 11.8 Å². The molecule has 0 radical (unpaired) electrons. The standard InChI is InChI=1S/C29H31N3O5/c1-31-11-13-32(14-12-31)26(19-9-10-30-23(15-19)36-16-18-7-8-18)25-24-22(29(34)35-2)17-37-28(24)21-6-4-3-5-20(21)27(25)33/h3-6,9-10,15,17-18,26,33H,7-8,11-14,16H2,1-2H3. The van der Waals surface area contributed by atoms with Crippen molar-refractivity contribution in [1.29, 1.82) is 0 Å². The van der Waals surface area contributed by atoms with Crippen LogP contribution in [0.5, 0.6) is 11.6 Å². The Labute approximate surface area is 215 Å². The third-order valence-electron chi connectivity index (χ3n) is 7.56. The Morgan fingerprint density at radius 1 is 1.16 bits per heavy atom. The number of hydrogen-bond acceptors (Lipinski definition) is 8. The molecular formula is C29H31N3O5.